The summed E-state index contributed by atoms with van der Waals surface area (Å²) in [6.07, 6.45) is 7.05. The van der Waals surface area contributed by atoms with Gasteiger partial charge in [-0.1, -0.05) is 37.2 Å². The number of nitrogens with zero attached hydrogens (tertiary/aromatic N) is 6. The van der Waals surface area contributed by atoms with Crippen molar-refractivity contribution in [3.63, 3.8) is 0 Å². The molecule has 234 valence electrons. The highest BCUT2D eigenvalue weighted by atomic mass is 35.5. The third-order valence-corrected chi connectivity index (χ3v) is 10.4. The van der Waals surface area contributed by atoms with Crippen molar-refractivity contribution in [2.75, 3.05) is 57.5 Å². The molecule has 7 nitrogen and oxygen atoms in total. The Labute approximate surface area is 271 Å². The smallest absolute Gasteiger partial charge is 0.158 e. The highest BCUT2D eigenvalue weighted by Gasteiger charge is 2.34. The lowest BCUT2D eigenvalue weighted by molar-refractivity contribution is 0.427. The van der Waals surface area contributed by atoms with Crippen LogP contribution in [-0.4, -0.2) is 73.1 Å². The van der Waals surface area contributed by atoms with Crippen LogP contribution in [0.2, 0.25) is 5.02 Å². The van der Waals surface area contributed by atoms with E-state index in [9.17, 15) is 5.26 Å². The van der Waals surface area contributed by atoms with Crippen LogP contribution in [0.3, 0.4) is 0 Å². The first-order chi connectivity index (χ1) is 21.7. The van der Waals surface area contributed by atoms with Crippen LogP contribution in [0.4, 0.5) is 19.6 Å². The van der Waals surface area contributed by atoms with Crippen LogP contribution in [0.5, 0.6) is 0 Å². The topological polar surface area (TPSA) is 71.3 Å². The van der Waals surface area contributed by atoms with Gasteiger partial charge in [-0.15, -0.1) is 11.3 Å². The maximum atomic E-state index is 17.0. The highest BCUT2D eigenvalue weighted by Crippen LogP contribution is 2.48. The molecule has 4 aromatic rings. The Bertz CT molecular complexity index is 1890. The molecule has 0 bridgehead atoms. The van der Waals surface area contributed by atoms with Gasteiger partial charge in [-0.2, -0.15) is 5.26 Å². The zero-order valence-corrected chi connectivity index (χ0v) is 27.5. The first-order valence-electron chi connectivity index (χ1n) is 15.2. The molecule has 1 saturated heterocycles. The van der Waals surface area contributed by atoms with Gasteiger partial charge in [0, 0.05) is 62.3 Å². The average Bonchev–Trinajstić information content (AvgIpc) is 3.62. The SMILES string of the molecule is C=C(/C=C/CN(C)C)N1CCC(N2CCCc3c(Cl)c(-c4ccc(F)c5sc(NC)c(C#N)c45)c(F)c4nc(CC)nc2c34)C1. The number of allylic oxidation sites excluding steroid dienone is 1. The molecule has 2 aliphatic rings. The Kier molecular flexibility index (Phi) is 8.70. The summed E-state index contributed by atoms with van der Waals surface area (Å²) >= 11 is 8.30. The number of hydrogen-bond donors (Lipinski definition) is 1. The number of hydrogen-bond acceptors (Lipinski definition) is 8. The van der Waals surface area contributed by atoms with Crippen LogP contribution in [-0.2, 0) is 12.8 Å². The number of likely N-dealkylation sites (N-methyl/N-ethyl adjacent to an activating group) is 1. The van der Waals surface area contributed by atoms with E-state index in [0.717, 1.165) is 61.6 Å². The van der Waals surface area contributed by atoms with Gasteiger partial charge < -0.3 is 20.0 Å². The fourth-order valence-electron chi connectivity index (χ4n) is 6.56. The number of nitrogens with one attached hydrogen (secondary N) is 1. The Morgan fingerprint density at radius 2 is 2.07 bits per heavy atom. The van der Waals surface area contributed by atoms with Crippen LogP contribution < -0.4 is 10.2 Å². The predicted molar refractivity (Wildman–Crippen MR) is 181 cm³/mol. The molecule has 2 aromatic carbocycles. The lowest BCUT2D eigenvalue weighted by Crippen LogP contribution is -2.38. The number of benzene rings is 2. The number of aromatic nitrogens is 2. The average molecular weight is 648 g/mol. The van der Waals surface area contributed by atoms with Gasteiger partial charge in [-0.3, -0.25) is 0 Å². The Hall–Kier alpha value is -3.78. The van der Waals surface area contributed by atoms with Crippen molar-refractivity contribution in [1.29, 1.82) is 5.26 Å². The van der Waals surface area contributed by atoms with E-state index >= 15 is 8.78 Å². The van der Waals surface area contributed by atoms with Crippen molar-refractivity contribution in [2.45, 2.75) is 38.6 Å². The van der Waals surface area contributed by atoms with Crippen molar-refractivity contribution < 1.29 is 8.78 Å². The molecule has 4 heterocycles. The first kappa shape index (κ1) is 31.2. The highest BCUT2D eigenvalue weighted by molar-refractivity contribution is 7.23. The second kappa shape index (κ2) is 12.5. The predicted octanol–water partition coefficient (Wildman–Crippen LogP) is 7.38. The van der Waals surface area contributed by atoms with Gasteiger partial charge in [-0.25, -0.2) is 18.7 Å². The second-order valence-corrected chi connectivity index (χ2v) is 13.2. The number of halogens is 3. The van der Waals surface area contributed by atoms with E-state index in [1.807, 2.05) is 21.0 Å². The number of fused-ring (bicyclic) bond motifs is 1. The molecule has 1 atom stereocenters. The quantitative estimate of drug-likeness (QED) is 0.200. The number of likely N-dealkylation sites (tertiary alicyclic amines) is 1. The normalized spacial score (nSPS) is 16.7. The van der Waals surface area contributed by atoms with Gasteiger partial charge >= 0.3 is 0 Å². The van der Waals surface area contributed by atoms with Crippen molar-refractivity contribution in [1.82, 2.24) is 19.8 Å². The van der Waals surface area contributed by atoms with E-state index in [1.165, 1.54) is 12.1 Å². The van der Waals surface area contributed by atoms with Gasteiger partial charge in [0.15, 0.2) is 5.82 Å². The summed E-state index contributed by atoms with van der Waals surface area (Å²) in [6, 6.07) is 5.19. The van der Waals surface area contributed by atoms with Gasteiger partial charge in [-0.05, 0) is 56.6 Å². The van der Waals surface area contributed by atoms with Gasteiger partial charge in [0.05, 0.1) is 20.7 Å². The molecular formula is C34H36ClF2N7S. The molecular weight excluding hydrogens is 612 g/mol. The monoisotopic (exact) mass is 647 g/mol. The largest absolute Gasteiger partial charge is 0.379 e. The molecule has 6 rings (SSSR count). The minimum atomic E-state index is -0.583. The standard InChI is InChI=1S/C34H36ClF2N7S/c1-6-25-40-31-28-22(10-8-15-44(33(28)41-25)20-13-16-43(18-20)19(2)9-7-14-42(4)5)29(35)27(30(31)37)21-11-12-24(36)32-26(21)23(17-38)34(39-3)45-32/h7,9,11-12,20,39H,2,6,8,10,13-16,18H2,1,3-5H3/b9-7+. The van der Waals surface area contributed by atoms with E-state index in [1.54, 1.807) is 7.05 Å². The molecule has 1 N–H and O–H groups in total. The van der Waals surface area contributed by atoms with E-state index in [-0.39, 0.29) is 32.4 Å². The number of anilines is 2. The molecule has 11 heteroatoms. The fourth-order valence-corrected chi connectivity index (χ4v) is 7.97. The van der Waals surface area contributed by atoms with E-state index < -0.39 is 11.6 Å². The zero-order valence-electron chi connectivity index (χ0n) is 26.0. The van der Waals surface area contributed by atoms with E-state index in [4.69, 9.17) is 21.6 Å². The molecule has 1 fully saturated rings. The summed E-state index contributed by atoms with van der Waals surface area (Å²) in [5.41, 5.74) is 2.77. The lowest BCUT2D eigenvalue weighted by Gasteiger charge is -2.31. The lowest BCUT2D eigenvalue weighted by atomic mass is 9.93. The summed E-state index contributed by atoms with van der Waals surface area (Å²) in [5.74, 6) is 0.207. The number of thiophene rings is 1. The third kappa shape index (κ3) is 5.41. The third-order valence-electron chi connectivity index (χ3n) is 8.75. The number of nitriles is 1. The molecule has 2 aromatic heterocycles. The van der Waals surface area contributed by atoms with Crippen LogP contribution in [0.25, 0.3) is 32.1 Å². The maximum Gasteiger partial charge on any atom is 0.158 e. The summed E-state index contributed by atoms with van der Waals surface area (Å²) in [7, 11) is 5.75. The van der Waals surface area contributed by atoms with Gasteiger partial charge in [0.1, 0.15) is 34.0 Å². The van der Waals surface area contributed by atoms with Crippen molar-refractivity contribution in [2.24, 2.45) is 0 Å². The van der Waals surface area contributed by atoms with Crippen molar-refractivity contribution in [3.8, 4) is 17.2 Å². The second-order valence-electron chi connectivity index (χ2n) is 11.8. The number of rotatable bonds is 8. The minimum Gasteiger partial charge on any atom is -0.379 e. The van der Waals surface area contributed by atoms with Crippen molar-refractivity contribution >= 4 is 54.7 Å². The summed E-state index contributed by atoms with van der Waals surface area (Å²) in [6.45, 7) is 9.51. The van der Waals surface area contributed by atoms with E-state index in [2.05, 4.69) is 44.8 Å². The molecule has 45 heavy (non-hydrogen) atoms. The van der Waals surface area contributed by atoms with Crippen LogP contribution in [0.1, 0.15) is 36.7 Å². The molecule has 1 unspecified atom stereocenters. The van der Waals surface area contributed by atoms with Gasteiger partial charge in [0.2, 0.25) is 0 Å². The fraction of sp³-hybridized carbons (Fsp3) is 0.382. The molecule has 0 amide bonds. The first-order valence-corrected chi connectivity index (χ1v) is 16.4. The molecule has 2 aliphatic heterocycles. The number of aryl methyl sites for hydroxylation is 2. The molecule has 0 saturated carbocycles. The van der Waals surface area contributed by atoms with Crippen LogP contribution in [0, 0.1) is 23.0 Å². The zero-order chi connectivity index (χ0) is 32.0. The summed E-state index contributed by atoms with van der Waals surface area (Å²) in [5, 5.41) is 14.8. The Balaban J connectivity index is 1.50. The maximum absolute atomic E-state index is 17.0. The molecule has 0 spiro atoms. The Morgan fingerprint density at radius 3 is 2.78 bits per heavy atom. The van der Waals surface area contributed by atoms with Crippen LogP contribution >= 0.6 is 22.9 Å². The van der Waals surface area contributed by atoms with Gasteiger partial charge in [0.25, 0.3) is 0 Å². The summed E-state index contributed by atoms with van der Waals surface area (Å²) in [4.78, 5) is 16.4. The van der Waals surface area contributed by atoms with Crippen molar-refractivity contribution in [3.05, 3.63) is 70.2 Å². The summed E-state index contributed by atoms with van der Waals surface area (Å²) < 4.78 is 32.3. The van der Waals surface area contributed by atoms with Crippen LogP contribution in [0.15, 0.2) is 36.6 Å². The Morgan fingerprint density at radius 1 is 1.27 bits per heavy atom. The molecule has 0 aliphatic carbocycles. The minimum absolute atomic E-state index is 0.147. The van der Waals surface area contributed by atoms with E-state index in [0.29, 0.717) is 45.8 Å². The molecule has 0 radical (unpaired) electrons.